The molecule has 14 nitrogen and oxygen atoms in total. The van der Waals surface area contributed by atoms with Crippen LogP contribution in [-0.2, 0) is 23.7 Å². The molecule has 2 fully saturated rings. The van der Waals surface area contributed by atoms with Gasteiger partial charge in [-0.2, -0.15) is 0 Å². The maximum Gasteiger partial charge on any atom is 0.220 e. The summed E-state index contributed by atoms with van der Waals surface area (Å²) >= 11 is 0. The summed E-state index contributed by atoms with van der Waals surface area (Å²) in [5, 5.41) is 87.8. The minimum atomic E-state index is -1.79. The Morgan fingerprint density at radius 3 is 0.942 bits per heavy atom. The first-order valence-corrected chi connectivity index (χ1v) is 45.2. The van der Waals surface area contributed by atoms with Crippen LogP contribution in [0.2, 0.25) is 0 Å². The lowest BCUT2D eigenvalue weighted by Crippen LogP contribution is -2.65. The van der Waals surface area contributed by atoms with Crippen molar-refractivity contribution in [3.8, 4) is 0 Å². The van der Waals surface area contributed by atoms with Gasteiger partial charge in [0.25, 0.3) is 0 Å². The standard InChI is InChI=1S/C90H171NO13/c1-3-5-7-9-11-13-15-17-19-21-23-25-27-29-31-33-35-37-38-39-40-41-42-44-46-48-50-52-54-56-58-60-62-64-66-68-70-72-74-82(95)91-78(77-101-89-87(100)85(98)88(81(76-93)103-89)104-90-86(99)84(97)83(96)80(75-92)102-90)79(94)73-71-69-67-65-63-61-59-57-55-53-51-49-47-45-43-36-34-32-30-28-26-24-22-20-18-16-14-12-10-8-6-4-2/h55,57,63,65,71,73,78-81,83-90,92-94,96-100H,3-54,56,58-62,64,66-70,72,74-77H2,1-2H3,(H,91,95)/b57-55+,65-63+,73-71+. The molecule has 2 aliphatic heterocycles. The van der Waals surface area contributed by atoms with Gasteiger partial charge in [0.05, 0.1) is 32.0 Å². The Bertz CT molecular complexity index is 1890. The predicted molar refractivity (Wildman–Crippen MR) is 434 cm³/mol. The van der Waals surface area contributed by atoms with E-state index in [0.717, 1.165) is 44.9 Å². The molecule has 0 bridgehead atoms. The number of hydrogen-bond donors (Lipinski definition) is 9. The Morgan fingerprint density at radius 2 is 0.615 bits per heavy atom. The van der Waals surface area contributed by atoms with Crippen molar-refractivity contribution in [1.29, 1.82) is 0 Å². The van der Waals surface area contributed by atoms with Crippen LogP contribution in [0.4, 0.5) is 0 Å². The molecule has 104 heavy (non-hydrogen) atoms. The molecule has 1 amide bonds. The number of unbranched alkanes of at least 4 members (excludes halogenated alkanes) is 61. The number of aliphatic hydroxyl groups is 8. The fraction of sp³-hybridized carbons (Fsp3) is 0.922. The van der Waals surface area contributed by atoms with Crippen molar-refractivity contribution in [1.82, 2.24) is 5.32 Å². The van der Waals surface area contributed by atoms with Gasteiger partial charge in [-0.25, -0.2) is 0 Å². The first-order valence-electron chi connectivity index (χ1n) is 45.2. The van der Waals surface area contributed by atoms with E-state index in [4.69, 9.17) is 18.9 Å². The quantitative estimate of drug-likeness (QED) is 0.0204. The monoisotopic (exact) mass is 1470 g/mol. The van der Waals surface area contributed by atoms with E-state index in [1.807, 2.05) is 6.08 Å². The molecule has 12 unspecified atom stereocenters. The number of allylic oxidation sites excluding steroid dienone is 5. The molecule has 12 atom stereocenters. The van der Waals surface area contributed by atoms with Crippen molar-refractivity contribution in [3.05, 3.63) is 36.5 Å². The SMILES string of the molecule is CCCCCCCCCCCCCCCCCCCCCCCC/C=C/CC/C=C/CC/C=C/C(O)C(COC1OC(CO)C(OC2OC(CO)C(O)C(O)C2O)C(O)C1O)NC(=O)CCCCCCCCCCCCCCCCCCCCCCCCCCCCCCCCCCCCCCCC. The predicted octanol–water partition coefficient (Wildman–Crippen LogP) is 21.9. The summed E-state index contributed by atoms with van der Waals surface area (Å²) in [5.41, 5.74) is 0. The van der Waals surface area contributed by atoms with E-state index in [9.17, 15) is 45.6 Å². The van der Waals surface area contributed by atoms with Crippen LogP contribution in [0.25, 0.3) is 0 Å². The van der Waals surface area contributed by atoms with Crippen LogP contribution >= 0.6 is 0 Å². The van der Waals surface area contributed by atoms with Gasteiger partial charge in [0, 0.05) is 6.42 Å². The summed E-state index contributed by atoms with van der Waals surface area (Å²) < 4.78 is 22.9. The lowest BCUT2D eigenvalue weighted by Gasteiger charge is -2.46. The fourth-order valence-electron chi connectivity index (χ4n) is 15.2. The van der Waals surface area contributed by atoms with Crippen molar-refractivity contribution < 1.29 is 64.6 Å². The molecule has 614 valence electrons. The molecule has 0 radical (unpaired) electrons. The molecular formula is C90H171NO13. The second-order valence-electron chi connectivity index (χ2n) is 32.1. The van der Waals surface area contributed by atoms with Crippen LogP contribution in [0.15, 0.2) is 36.5 Å². The molecular weight excluding hydrogens is 1300 g/mol. The Balaban J connectivity index is 1.57. The number of ether oxygens (including phenoxy) is 4. The summed E-state index contributed by atoms with van der Waals surface area (Å²) in [5.74, 6) is -0.244. The van der Waals surface area contributed by atoms with E-state index >= 15 is 0 Å². The highest BCUT2D eigenvalue weighted by molar-refractivity contribution is 5.76. The maximum absolute atomic E-state index is 13.4. The molecule has 2 heterocycles. The Hall–Kier alpha value is -1.79. The Labute approximate surface area is 640 Å². The van der Waals surface area contributed by atoms with Crippen LogP contribution in [0, 0.1) is 0 Å². The summed E-state index contributed by atoms with van der Waals surface area (Å²) in [6.07, 6.45) is 82.8. The number of carbonyl (C=O) groups excluding carboxylic acids is 1. The number of amides is 1. The first-order chi connectivity index (χ1) is 51.1. The van der Waals surface area contributed by atoms with Crippen molar-refractivity contribution in [2.24, 2.45) is 0 Å². The van der Waals surface area contributed by atoms with Gasteiger partial charge < -0.3 is 65.1 Å². The van der Waals surface area contributed by atoms with Gasteiger partial charge in [-0.3, -0.25) is 4.79 Å². The van der Waals surface area contributed by atoms with Crippen LogP contribution < -0.4 is 5.32 Å². The highest BCUT2D eigenvalue weighted by Gasteiger charge is 2.51. The molecule has 0 aromatic rings. The van der Waals surface area contributed by atoms with Crippen LogP contribution in [-0.4, -0.2) is 140 Å². The van der Waals surface area contributed by atoms with Crippen molar-refractivity contribution in [3.63, 3.8) is 0 Å². The number of aliphatic hydroxyl groups excluding tert-OH is 8. The summed E-state index contributed by atoms with van der Waals surface area (Å²) in [6.45, 7) is 2.86. The molecule has 0 saturated carbocycles. The molecule has 0 aromatic carbocycles. The third-order valence-corrected chi connectivity index (χ3v) is 22.3. The van der Waals surface area contributed by atoms with Gasteiger partial charge >= 0.3 is 0 Å². The highest BCUT2D eigenvalue weighted by atomic mass is 16.7. The minimum Gasteiger partial charge on any atom is -0.394 e. The fourth-order valence-corrected chi connectivity index (χ4v) is 15.2. The number of carbonyl (C=O) groups is 1. The molecule has 2 aliphatic rings. The van der Waals surface area contributed by atoms with Crippen LogP contribution in [0.5, 0.6) is 0 Å². The van der Waals surface area contributed by atoms with Crippen LogP contribution in [0.3, 0.4) is 0 Å². The average molecular weight is 1480 g/mol. The van der Waals surface area contributed by atoms with E-state index < -0.39 is 86.8 Å². The molecule has 9 N–H and O–H groups in total. The van der Waals surface area contributed by atoms with Gasteiger partial charge in [0.1, 0.15) is 48.8 Å². The lowest BCUT2D eigenvalue weighted by atomic mass is 9.97. The molecule has 2 rings (SSSR count). The van der Waals surface area contributed by atoms with Gasteiger partial charge in [0.15, 0.2) is 12.6 Å². The van der Waals surface area contributed by atoms with Crippen LogP contribution in [0.1, 0.15) is 438 Å². The van der Waals surface area contributed by atoms with Gasteiger partial charge in [-0.1, -0.05) is 423 Å². The Morgan fingerprint density at radius 1 is 0.337 bits per heavy atom. The van der Waals surface area contributed by atoms with E-state index in [-0.39, 0.29) is 18.9 Å². The van der Waals surface area contributed by atoms with E-state index in [1.165, 1.54) is 360 Å². The lowest BCUT2D eigenvalue weighted by molar-refractivity contribution is -0.359. The largest absolute Gasteiger partial charge is 0.394 e. The minimum absolute atomic E-state index is 0.244. The summed E-state index contributed by atoms with van der Waals surface area (Å²) in [6, 6.07) is -0.939. The van der Waals surface area contributed by atoms with E-state index in [2.05, 4.69) is 43.5 Å². The zero-order valence-corrected chi connectivity index (χ0v) is 67.8. The van der Waals surface area contributed by atoms with Gasteiger partial charge in [-0.15, -0.1) is 0 Å². The second kappa shape index (κ2) is 74.0. The van der Waals surface area contributed by atoms with E-state index in [0.29, 0.717) is 12.8 Å². The molecule has 0 aromatic heterocycles. The van der Waals surface area contributed by atoms with Crippen molar-refractivity contribution in [2.45, 2.75) is 511 Å². The highest BCUT2D eigenvalue weighted by Crippen LogP contribution is 2.31. The third-order valence-electron chi connectivity index (χ3n) is 22.3. The van der Waals surface area contributed by atoms with E-state index in [1.54, 1.807) is 6.08 Å². The first kappa shape index (κ1) is 98.3. The molecule has 2 saturated heterocycles. The summed E-state index contributed by atoms with van der Waals surface area (Å²) in [4.78, 5) is 13.4. The molecule has 14 heteroatoms. The zero-order valence-electron chi connectivity index (χ0n) is 67.8. The smallest absolute Gasteiger partial charge is 0.220 e. The summed E-state index contributed by atoms with van der Waals surface area (Å²) in [7, 11) is 0. The second-order valence-corrected chi connectivity index (χ2v) is 32.1. The normalized spacial score (nSPS) is 21.6. The number of nitrogens with one attached hydrogen (secondary N) is 1. The average Bonchev–Trinajstić information content (AvgIpc) is 0.789. The number of rotatable bonds is 78. The van der Waals surface area contributed by atoms with Crippen molar-refractivity contribution >= 4 is 5.91 Å². The Kier molecular flexibility index (Phi) is 69.9. The zero-order chi connectivity index (χ0) is 75.1. The van der Waals surface area contributed by atoms with Crippen molar-refractivity contribution in [2.75, 3.05) is 19.8 Å². The third kappa shape index (κ3) is 55.6. The van der Waals surface area contributed by atoms with Gasteiger partial charge in [0.2, 0.25) is 5.91 Å². The molecule has 0 spiro atoms. The number of hydrogen-bond acceptors (Lipinski definition) is 13. The molecule has 0 aliphatic carbocycles. The van der Waals surface area contributed by atoms with Gasteiger partial charge in [-0.05, 0) is 44.9 Å². The maximum atomic E-state index is 13.4. The topological polar surface area (TPSA) is 228 Å².